The van der Waals surface area contributed by atoms with Crippen molar-refractivity contribution in [3.8, 4) is 16.9 Å². The van der Waals surface area contributed by atoms with Crippen molar-refractivity contribution in [1.29, 1.82) is 0 Å². The van der Waals surface area contributed by atoms with E-state index in [1.807, 2.05) is 111 Å². The van der Waals surface area contributed by atoms with Crippen molar-refractivity contribution in [3.63, 3.8) is 0 Å². The van der Waals surface area contributed by atoms with Crippen LogP contribution in [0, 0.1) is 5.92 Å². The molecule has 4 aromatic carbocycles. The number of benzene rings is 4. The van der Waals surface area contributed by atoms with Crippen LogP contribution in [0.3, 0.4) is 0 Å². The number of fused-ring (bicyclic) bond motifs is 1. The lowest BCUT2D eigenvalue weighted by molar-refractivity contribution is -0.117. The molecule has 1 aromatic heterocycles. The van der Waals surface area contributed by atoms with E-state index in [-0.39, 0.29) is 24.3 Å². The molecular formula is C32H29ClN4O2. The number of aromatic nitrogens is 2. The molecule has 2 amide bonds. The zero-order valence-corrected chi connectivity index (χ0v) is 22.6. The summed E-state index contributed by atoms with van der Waals surface area (Å²) in [5.41, 5.74) is 2.82. The fraction of sp³-hybridized carbons (Fsp3) is 0.156. The Bertz CT molecular complexity index is 1620. The van der Waals surface area contributed by atoms with Crippen molar-refractivity contribution < 1.29 is 9.59 Å². The quantitative estimate of drug-likeness (QED) is 0.230. The summed E-state index contributed by atoms with van der Waals surface area (Å²) in [6.45, 7) is 4.39. The number of anilines is 1. The van der Waals surface area contributed by atoms with Gasteiger partial charge in [-0.3, -0.25) is 9.59 Å². The summed E-state index contributed by atoms with van der Waals surface area (Å²) in [7, 11) is 0. The largest absolute Gasteiger partial charge is 0.329 e. The topological polar surface area (TPSA) is 67.2 Å². The number of hydrogen-bond donors (Lipinski definition) is 1. The first kappa shape index (κ1) is 26.2. The molecule has 6 nitrogen and oxygen atoms in total. The van der Waals surface area contributed by atoms with Gasteiger partial charge in [-0.1, -0.05) is 104 Å². The molecule has 0 spiro atoms. The first-order chi connectivity index (χ1) is 18.9. The highest BCUT2D eigenvalue weighted by molar-refractivity contribution is 6.32. The lowest BCUT2D eigenvalue weighted by Crippen LogP contribution is -2.40. The van der Waals surface area contributed by atoms with Crippen LogP contribution < -0.4 is 5.32 Å². The van der Waals surface area contributed by atoms with Crippen LogP contribution in [0.15, 0.2) is 103 Å². The van der Waals surface area contributed by atoms with E-state index in [0.717, 1.165) is 16.3 Å². The second kappa shape index (κ2) is 11.5. The summed E-state index contributed by atoms with van der Waals surface area (Å²) in [5, 5.41) is 10.1. The average Bonchev–Trinajstić information content (AvgIpc) is 3.35. The number of para-hydroxylation sites is 1. The number of hydrogen-bond acceptors (Lipinski definition) is 3. The third kappa shape index (κ3) is 5.86. The minimum absolute atomic E-state index is 0.103. The van der Waals surface area contributed by atoms with Crippen LogP contribution in [-0.4, -0.2) is 39.6 Å². The van der Waals surface area contributed by atoms with Gasteiger partial charge in [0.15, 0.2) is 0 Å². The van der Waals surface area contributed by atoms with Gasteiger partial charge in [0.1, 0.15) is 12.4 Å². The Kier molecular flexibility index (Phi) is 7.75. The molecular weight excluding hydrogens is 508 g/mol. The van der Waals surface area contributed by atoms with Gasteiger partial charge in [0.2, 0.25) is 5.91 Å². The molecule has 5 aromatic rings. The minimum Gasteiger partial charge on any atom is -0.329 e. The average molecular weight is 537 g/mol. The Morgan fingerprint density at radius 1 is 0.897 bits per heavy atom. The van der Waals surface area contributed by atoms with Gasteiger partial charge in [0.05, 0.1) is 16.4 Å². The molecule has 1 heterocycles. The number of halogens is 1. The van der Waals surface area contributed by atoms with Crippen molar-refractivity contribution in [2.24, 2.45) is 5.92 Å². The molecule has 0 saturated heterocycles. The molecule has 196 valence electrons. The van der Waals surface area contributed by atoms with E-state index in [2.05, 4.69) is 5.32 Å². The van der Waals surface area contributed by atoms with E-state index in [4.69, 9.17) is 16.7 Å². The molecule has 1 N–H and O–H groups in total. The van der Waals surface area contributed by atoms with E-state index in [9.17, 15) is 9.59 Å². The zero-order valence-electron chi connectivity index (χ0n) is 21.8. The second-order valence-corrected chi connectivity index (χ2v) is 10.2. The van der Waals surface area contributed by atoms with Gasteiger partial charge < -0.3 is 10.2 Å². The summed E-state index contributed by atoms with van der Waals surface area (Å²) in [6.07, 6.45) is 0. The van der Waals surface area contributed by atoms with Crippen molar-refractivity contribution in [3.05, 3.63) is 114 Å². The van der Waals surface area contributed by atoms with Crippen LogP contribution in [0.2, 0.25) is 5.02 Å². The van der Waals surface area contributed by atoms with Crippen LogP contribution in [0.1, 0.15) is 24.2 Å². The van der Waals surface area contributed by atoms with E-state index in [0.29, 0.717) is 34.3 Å². The first-order valence-electron chi connectivity index (χ1n) is 12.9. The van der Waals surface area contributed by atoms with Crippen molar-refractivity contribution in [1.82, 2.24) is 14.7 Å². The Balaban J connectivity index is 1.45. The van der Waals surface area contributed by atoms with E-state index in [1.165, 1.54) is 0 Å². The minimum atomic E-state index is -0.322. The Labute approximate surface area is 232 Å². The molecule has 5 rings (SSSR count). The standard InChI is InChI=1S/C32H29ClN4O2/c1-22(2)20-36(32(39)26-16-10-14-23-11-6-7-15-25(23)26)21-31(38)34-30-19-28(24-12-4-3-5-13-24)35-37(30)29-18-9-8-17-27(29)33/h3-19,22H,20-21H2,1-2H3,(H,34,38). The van der Waals surface area contributed by atoms with Crippen LogP contribution in [-0.2, 0) is 4.79 Å². The number of nitrogens with zero attached hydrogens (tertiary/aromatic N) is 3. The van der Waals surface area contributed by atoms with Gasteiger partial charge in [-0.2, -0.15) is 5.10 Å². The molecule has 0 aliphatic heterocycles. The Hall–Kier alpha value is -4.42. The third-order valence-corrected chi connectivity index (χ3v) is 6.67. The highest BCUT2D eigenvalue weighted by Crippen LogP contribution is 2.28. The summed E-state index contributed by atoms with van der Waals surface area (Å²) >= 11 is 6.49. The van der Waals surface area contributed by atoms with E-state index < -0.39 is 0 Å². The molecule has 0 saturated carbocycles. The lowest BCUT2D eigenvalue weighted by atomic mass is 10.0. The maximum Gasteiger partial charge on any atom is 0.254 e. The number of nitrogens with one attached hydrogen (secondary N) is 1. The normalized spacial score (nSPS) is 11.1. The summed E-state index contributed by atoms with van der Waals surface area (Å²) in [5.74, 6) is 0.140. The maximum absolute atomic E-state index is 13.7. The Morgan fingerprint density at radius 3 is 2.36 bits per heavy atom. The van der Waals surface area contributed by atoms with Crippen LogP contribution in [0.25, 0.3) is 27.7 Å². The molecule has 0 unspecified atom stereocenters. The van der Waals surface area contributed by atoms with E-state index in [1.54, 1.807) is 15.6 Å². The fourth-order valence-electron chi connectivity index (χ4n) is 4.63. The van der Waals surface area contributed by atoms with Crippen molar-refractivity contribution in [2.75, 3.05) is 18.4 Å². The van der Waals surface area contributed by atoms with Crippen molar-refractivity contribution >= 4 is 40.0 Å². The predicted molar refractivity (Wildman–Crippen MR) is 157 cm³/mol. The van der Waals surface area contributed by atoms with Gasteiger partial charge in [-0.05, 0) is 34.9 Å². The molecule has 0 aliphatic carbocycles. The van der Waals surface area contributed by atoms with Gasteiger partial charge in [-0.25, -0.2) is 4.68 Å². The third-order valence-electron chi connectivity index (χ3n) is 6.35. The predicted octanol–water partition coefficient (Wildman–Crippen LogP) is 7.08. The molecule has 0 radical (unpaired) electrons. The molecule has 7 heteroatoms. The summed E-state index contributed by atoms with van der Waals surface area (Å²) < 4.78 is 1.63. The SMILES string of the molecule is CC(C)CN(CC(=O)Nc1cc(-c2ccccc2)nn1-c1ccccc1Cl)C(=O)c1cccc2ccccc12. The Morgan fingerprint density at radius 2 is 1.59 bits per heavy atom. The highest BCUT2D eigenvalue weighted by Gasteiger charge is 2.23. The summed E-state index contributed by atoms with van der Waals surface area (Å²) in [4.78, 5) is 28.8. The number of rotatable bonds is 8. The first-order valence-corrected chi connectivity index (χ1v) is 13.3. The second-order valence-electron chi connectivity index (χ2n) is 9.80. The van der Waals surface area contributed by atoms with Crippen LogP contribution in [0.5, 0.6) is 0 Å². The van der Waals surface area contributed by atoms with Crippen LogP contribution in [0.4, 0.5) is 5.82 Å². The monoisotopic (exact) mass is 536 g/mol. The van der Waals surface area contributed by atoms with Crippen LogP contribution >= 0.6 is 11.6 Å². The molecule has 39 heavy (non-hydrogen) atoms. The molecule has 0 bridgehead atoms. The number of amides is 2. The van der Waals surface area contributed by atoms with E-state index >= 15 is 0 Å². The lowest BCUT2D eigenvalue weighted by Gasteiger charge is -2.25. The van der Waals surface area contributed by atoms with Crippen molar-refractivity contribution in [2.45, 2.75) is 13.8 Å². The molecule has 0 aliphatic rings. The molecule has 0 atom stereocenters. The van der Waals surface area contributed by atoms with Gasteiger partial charge in [-0.15, -0.1) is 0 Å². The highest BCUT2D eigenvalue weighted by atomic mass is 35.5. The summed E-state index contributed by atoms with van der Waals surface area (Å²) in [6, 6.07) is 32.3. The maximum atomic E-state index is 13.7. The van der Waals surface area contributed by atoms with Gasteiger partial charge in [0.25, 0.3) is 5.91 Å². The van der Waals surface area contributed by atoms with Gasteiger partial charge in [0, 0.05) is 23.7 Å². The van der Waals surface area contributed by atoms with Gasteiger partial charge >= 0.3 is 0 Å². The fourth-order valence-corrected chi connectivity index (χ4v) is 4.84. The number of carbonyl (C=O) groups excluding carboxylic acids is 2. The smallest absolute Gasteiger partial charge is 0.254 e. The molecule has 0 fully saturated rings. The number of carbonyl (C=O) groups is 2. The zero-order chi connectivity index (χ0) is 27.4.